The second kappa shape index (κ2) is 9.87. The van der Waals surface area contributed by atoms with Gasteiger partial charge in [0.15, 0.2) is 11.1 Å². The summed E-state index contributed by atoms with van der Waals surface area (Å²) >= 11 is 0. The summed E-state index contributed by atoms with van der Waals surface area (Å²) in [6, 6.07) is 12.2. The summed E-state index contributed by atoms with van der Waals surface area (Å²) in [4.78, 5) is 43.8. The Morgan fingerprint density at radius 2 is 1.75 bits per heavy atom. The van der Waals surface area contributed by atoms with Gasteiger partial charge in [-0.3, -0.25) is 24.7 Å². The SMILES string of the molecule is NCCn1[nH]c2c(ccc3cc(=O)c(-c4cccc([N+](=O)[O-])c4)cc32)c1C(=O)O.O=C(O)C(F)(F)F. The van der Waals surface area contributed by atoms with Gasteiger partial charge >= 0.3 is 18.1 Å². The van der Waals surface area contributed by atoms with E-state index < -0.39 is 23.0 Å². The summed E-state index contributed by atoms with van der Waals surface area (Å²) in [6.07, 6.45) is -5.08. The van der Waals surface area contributed by atoms with Gasteiger partial charge in [0.2, 0.25) is 0 Å². The second-order valence-corrected chi connectivity index (χ2v) is 7.37. The van der Waals surface area contributed by atoms with Crippen LogP contribution in [0, 0.1) is 10.1 Å². The Morgan fingerprint density at radius 3 is 2.31 bits per heavy atom. The first-order valence-corrected chi connectivity index (χ1v) is 10.0. The molecule has 0 aliphatic rings. The molecule has 4 aromatic rings. The molecule has 3 aromatic carbocycles. The molecule has 0 spiro atoms. The van der Waals surface area contributed by atoms with E-state index in [2.05, 4.69) is 5.10 Å². The van der Waals surface area contributed by atoms with Crippen LogP contribution < -0.4 is 11.2 Å². The molecule has 0 saturated carbocycles. The van der Waals surface area contributed by atoms with E-state index >= 15 is 0 Å². The topological polar surface area (TPSA) is 182 Å². The van der Waals surface area contributed by atoms with Gasteiger partial charge in [-0.2, -0.15) is 13.2 Å². The molecule has 0 unspecified atom stereocenters. The average molecular weight is 506 g/mol. The maximum atomic E-state index is 12.6. The second-order valence-electron chi connectivity index (χ2n) is 7.37. The number of hydrogen-bond donors (Lipinski definition) is 4. The highest BCUT2D eigenvalue weighted by Crippen LogP contribution is 2.30. The molecule has 4 rings (SSSR count). The molecule has 0 atom stereocenters. The van der Waals surface area contributed by atoms with E-state index in [1.807, 2.05) is 0 Å². The first kappa shape index (κ1) is 25.9. The number of carboxylic acids is 2. The smallest absolute Gasteiger partial charge is 0.477 e. The van der Waals surface area contributed by atoms with Crippen LogP contribution >= 0.6 is 0 Å². The molecule has 1 aromatic heterocycles. The zero-order valence-corrected chi connectivity index (χ0v) is 18.1. The molecule has 0 radical (unpaired) electrons. The first-order chi connectivity index (χ1) is 16.8. The lowest BCUT2D eigenvalue weighted by atomic mass is 9.98. The van der Waals surface area contributed by atoms with Gasteiger partial charge in [0.1, 0.15) is 0 Å². The van der Waals surface area contributed by atoms with Crippen molar-refractivity contribution in [2.24, 2.45) is 5.73 Å². The number of fused-ring (bicyclic) bond motifs is 3. The quantitative estimate of drug-likeness (QED) is 0.235. The van der Waals surface area contributed by atoms with Crippen molar-refractivity contribution < 1.29 is 37.9 Å². The fourth-order valence-corrected chi connectivity index (χ4v) is 3.55. The minimum atomic E-state index is -5.08. The number of aromatic amines is 1. The van der Waals surface area contributed by atoms with Crippen LogP contribution in [0.5, 0.6) is 0 Å². The third-order valence-electron chi connectivity index (χ3n) is 5.06. The van der Waals surface area contributed by atoms with E-state index in [0.717, 1.165) is 0 Å². The number of H-pyrrole nitrogens is 1. The number of carbonyl (C=O) groups is 2. The van der Waals surface area contributed by atoms with E-state index in [1.165, 1.54) is 28.9 Å². The van der Waals surface area contributed by atoms with Crippen molar-refractivity contribution in [3.8, 4) is 11.1 Å². The molecule has 36 heavy (non-hydrogen) atoms. The number of halogens is 3. The molecule has 188 valence electrons. The van der Waals surface area contributed by atoms with Crippen LogP contribution in [-0.4, -0.2) is 49.6 Å². The number of rotatable bonds is 5. The number of carboxylic acid groups (broad SMARTS) is 2. The summed E-state index contributed by atoms with van der Waals surface area (Å²) in [5, 5.41) is 32.6. The zero-order valence-electron chi connectivity index (χ0n) is 18.1. The average Bonchev–Trinajstić information content (AvgIpc) is 3.17. The highest BCUT2D eigenvalue weighted by molar-refractivity contribution is 6.12. The molecule has 0 aliphatic heterocycles. The Hall–Kier alpha value is -4.72. The Bertz CT molecular complexity index is 1560. The number of aromatic carboxylic acids is 1. The van der Waals surface area contributed by atoms with Gasteiger partial charge in [-0.15, -0.1) is 0 Å². The molecule has 0 aliphatic carbocycles. The number of nitro benzene ring substituents is 1. The molecule has 5 N–H and O–H groups in total. The van der Waals surface area contributed by atoms with Crippen molar-refractivity contribution in [1.29, 1.82) is 0 Å². The largest absolute Gasteiger partial charge is 0.490 e. The lowest BCUT2D eigenvalue weighted by Crippen LogP contribution is -2.21. The van der Waals surface area contributed by atoms with Gasteiger partial charge in [-0.25, -0.2) is 9.59 Å². The van der Waals surface area contributed by atoms with E-state index in [-0.39, 0.29) is 29.9 Å². The Kier molecular flexibility index (Phi) is 7.10. The van der Waals surface area contributed by atoms with Gasteiger partial charge in [-0.05, 0) is 29.1 Å². The minimum absolute atomic E-state index is 0.0791. The van der Waals surface area contributed by atoms with E-state index in [4.69, 9.17) is 15.6 Å². The van der Waals surface area contributed by atoms with Crippen LogP contribution in [0.15, 0.2) is 53.3 Å². The number of alkyl halides is 3. The molecular weight excluding hydrogens is 489 g/mol. The normalized spacial score (nSPS) is 11.2. The number of nitrogens with zero attached hydrogens (tertiary/aromatic N) is 2. The van der Waals surface area contributed by atoms with E-state index in [1.54, 1.807) is 24.3 Å². The third-order valence-corrected chi connectivity index (χ3v) is 5.06. The van der Waals surface area contributed by atoms with E-state index in [9.17, 15) is 38.0 Å². The fourth-order valence-electron chi connectivity index (χ4n) is 3.55. The summed E-state index contributed by atoms with van der Waals surface area (Å²) in [5.74, 6) is -3.85. The van der Waals surface area contributed by atoms with Crippen LogP contribution in [0.3, 0.4) is 0 Å². The molecular formula is C22H17F3N4O7. The van der Waals surface area contributed by atoms with Crippen molar-refractivity contribution in [3.63, 3.8) is 0 Å². The number of hydrogen-bond acceptors (Lipinski definition) is 6. The Balaban J connectivity index is 0.000000454. The maximum Gasteiger partial charge on any atom is 0.490 e. The Morgan fingerprint density at radius 1 is 1.08 bits per heavy atom. The van der Waals surface area contributed by atoms with Gasteiger partial charge in [0, 0.05) is 35.0 Å². The van der Waals surface area contributed by atoms with Crippen molar-refractivity contribution in [2.75, 3.05) is 6.54 Å². The standard InChI is InChI=1S/C20H16N4O5.C2HF3O2/c21-6-7-23-19(20(26)27)14-5-4-12-9-17(25)15(10-16(12)18(14)22-23)11-2-1-3-13(8-11)24(28)29;3-2(4,5)1(6)7/h1-5,8-10,22H,6-7,21H2,(H,26,27);(H,6,7). The highest BCUT2D eigenvalue weighted by atomic mass is 19.4. The maximum absolute atomic E-state index is 12.6. The van der Waals surface area contributed by atoms with Crippen LogP contribution in [0.25, 0.3) is 32.8 Å². The van der Waals surface area contributed by atoms with Gasteiger partial charge in [0.05, 0.1) is 17.0 Å². The number of aromatic nitrogens is 2. The molecule has 0 amide bonds. The number of nitro groups is 1. The number of non-ortho nitro benzene ring substituents is 1. The van der Waals surface area contributed by atoms with Gasteiger partial charge in [-0.1, -0.05) is 18.2 Å². The molecule has 0 saturated heterocycles. The van der Waals surface area contributed by atoms with Crippen LogP contribution in [0.2, 0.25) is 0 Å². The summed E-state index contributed by atoms with van der Waals surface area (Å²) in [7, 11) is 0. The van der Waals surface area contributed by atoms with Crippen molar-refractivity contribution in [2.45, 2.75) is 12.7 Å². The number of nitrogens with one attached hydrogen (secondary N) is 1. The van der Waals surface area contributed by atoms with Gasteiger partial charge < -0.3 is 15.9 Å². The van der Waals surface area contributed by atoms with Crippen molar-refractivity contribution in [1.82, 2.24) is 9.78 Å². The van der Waals surface area contributed by atoms with Gasteiger partial charge in [0.25, 0.3) is 5.69 Å². The highest BCUT2D eigenvalue weighted by Gasteiger charge is 2.38. The van der Waals surface area contributed by atoms with Crippen molar-refractivity contribution in [3.05, 3.63) is 74.6 Å². The third kappa shape index (κ3) is 5.17. The number of benzene rings is 3. The van der Waals surface area contributed by atoms with Crippen LogP contribution in [0.4, 0.5) is 18.9 Å². The lowest BCUT2D eigenvalue weighted by Gasteiger charge is -2.05. The fraction of sp³-hybridized carbons (Fsp3) is 0.136. The van der Waals surface area contributed by atoms with Crippen molar-refractivity contribution >= 4 is 39.3 Å². The van der Waals surface area contributed by atoms with Crippen LogP contribution in [0.1, 0.15) is 10.5 Å². The molecule has 1 heterocycles. The van der Waals surface area contributed by atoms with Crippen LogP contribution in [-0.2, 0) is 11.3 Å². The molecule has 0 fully saturated rings. The molecule has 11 nitrogen and oxygen atoms in total. The predicted molar refractivity (Wildman–Crippen MR) is 122 cm³/mol. The van der Waals surface area contributed by atoms with E-state index in [0.29, 0.717) is 32.8 Å². The minimum Gasteiger partial charge on any atom is -0.477 e. The summed E-state index contributed by atoms with van der Waals surface area (Å²) in [5.41, 5.74) is 6.55. The molecule has 14 heteroatoms. The summed E-state index contributed by atoms with van der Waals surface area (Å²) < 4.78 is 33.2. The zero-order chi connectivity index (χ0) is 26.8. The summed E-state index contributed by atoms with van der Waals surface area (Å²) in [6.45, 7) is 0.536. The monoisotopic (exact) mass is 506 g/mol. The number of aliphatic carboxylic acids is 1. The number of nitrogens with two attached hydrogens (primary N) is 1. The lowest BCUT2D eigenvalue weighted by molar-refractivity contribution is -0.384. The first-order valence-electron chi connectivity index (χ1n) is 10.0. The Labute approximate surface area is 198 Å². The predicted octanol–water partition coefficient (Wildman–Crippen LogP) is 3.35. The molecule has 0 bridgehead atoms.